The Labute approximate surface area is 148 Å². The zero-order chi connectivity index (χ0) is 18.2. The Balaban J connectivity index is 1.72. The largest absolute Gasteiger partial charge is 0.297 e. The predicted octanol–water partition coefficient (Wildman–Crippen LogP) is 1.83. The van der Waals surface area contributed by atoms with Gasteiger partial charge in [-0.2, -0.15) is 0 Å². The van der Waals surface area contributed by atoms with Gasteiger partial charge in [-0.1, -0.05) is 23.8 Å². The van der Waals surface area contributed by atoms with Crippen molar-refractivity contribution in [2.75, 3.05) is 19.3 Å². The van der Waals surface area contributed by atoms with Gasteiger partial charge in [0.15, 0.2) is 0 Å². The van der Waals surface area contributed by atoms with Crippen molar-refractivity contribution in [2.45, 2.75) is 44.3 Å². The zero-order valence-corrected chi connectivity index (χ0v) is 15.7. The van der Waals surface area contributed by atoms with Crippen molar-refractivity contribution >= 4 is 9.84 Å². The molecular weight excluding hydrogens is 338 g/mol. The van der Waals surface area contributed by atoms with Crippen LogP contribution in [0.5, 0.6) is 0 Å². The molecular formula is C18H25N3O3S. The Bertz CT molecular complexity index is 883. The molecule has 136 valence electrons. The molecule has 2 heterocycles. The lowest BCUT2D eigenvalue weighted by atomic mass is 9.85. The van der Waals surface area contributed by atoms with Gasteiger partial charge in [-0.15, -0.1) is 0 Å². The van der Waals surface area contributed by atoms with E-state index in [9.17, 15) is 13.2 Å². The molecule has 1 aromatic rings. The van der Waals surface area contributed by atoms with Crippen LogP contribution in [0.25, 0.3) is 0 Å². The van der Waals surface area contributed by atoms with Crippen molar-refractivity contribution in [1.82, 2.24) is 14.9 Å². The fourth-order valence-corrected chi connectivity index (χ4v) is 4.09. The number of H-pyrrole nitrogens is 1. The highest BCUT2D eigenvalue weighted by atomic mass is 32.2. The van der Waals surface area contributed by atoms with E-state index in [-0.39, 0.29) is 10.7 Å². The number of sulfone groups is 1. The summed E-state index contributed by atoms with van der Waals surface area (Å²) in [4.78, 5) is 21.1. The number of rotatable bonds is 4. The van der Waals surface area contributed by atoms with E-state index in [2.05, 4.69) is 34.4 Å². The highest BCUT2D eigenvalue weighted by molar-refractivity contribution is 7.90. The monoisotopic (exact) mass is 363 g/mol. The van der Waals surface area contributed by atoms with Gasteiger partial charge in [0.05, 0.1) is 11.3 Å². The molecule has 3 rings (SSSR count). The van der Waals surface area contributed by atoms with Crippen LogP contribution in [0.2, 0.25) is 0 Å². The summed E-state index contributed by atoms with van der Waals surface area (Å²) in [5.41, 5.74) is 3.53. The van der Waals surface area contributed by atoms with Gasteiger partial charge in [0.2, 0.25) is 15.0 Å². The van der Waals surface area contributed by atoms with Gasteiger partial charge >= 0.3 is 0 Å². The molecule has 2 aliphatic rings. The van der Waals surface area contributed by atoms with Crippen molar-refractivity contribution in [3.05, 3.63) is 45.4 Å². The zero-order valence-electron chi connectivity index (χ0n) is 14.8. The van der Waals surface area contributed by atoms with Crippen molar-refractivity contribution < 1.29 is 8.42 Å². The minimum atomic E-state index is -3.50. The van der Waals surface area contributed by atoms with Crippen molar-refractivity contribution in [3.8, 4) is 0 Å². The second kappa shape index (κ2) is 6.88. The molecule has 25 heavy (non-hydrogen) atoms. The first kappa shape index (κ1) is 18.1. The molecule has 0 spiro atoms. The third-order valence-corrected chi connectivity index (χ3v) is 6.00. The first-order chi connectivity index (χ1) is 11.7. The van der Waals surface area contributed by atoms with Crippen LogP contribution in [0, 0.1) is 5.92 Å². The van der Waals surface area contributed by atoms with Crippen molar-refractivity contribution in [1.29, 1.82) is 0 Å². The number of nitrogens with zero attached hydrogens (tertiary/aromatic N) is 2. The molecule has 1 N–H and O–H groups in total. The van der Waals surface area contributed by atoms with Gasteiger partial charge in [-0.3, -0.25) is 14.7 Å². The van der Waals surface area contributed by atoms with Crippen LogP contribution < -0.4 is 5.56 Å². The first-order valence-electron chi connectivity index (χ1n) is 8.62. The maximum Gasteiger partial charge on any atom is 0.256 e. The second-order valence-corrected chi connectivity index (χ2v) is 9.14. The lowest BCUT2D eigenvalue weighted by Gasteiger charge is -2.30. The average Bonchev–Trinajstić information content (AvgIpc) is 2.55. The summed E-state index contributed by atoms with van der Waals surface area (Å²) in [7, 11) is -3.50. The van der Waals surface area contributed by atoms with E-state index in [1.165, 1.54) is 11.1 Å². The molecule has 1 atom stereocenters. The van der Waals surface area contributed by atoms with Gasteiger partial charge in [0.1, 0.15) is 0 Å². The van der Waals surface area contributed by atoms with E-state index in [0.29, 0.717) is 30.1 Å². The van der Waals surface area contributed by atoms with E-state index in [1.54, 1.807) is 0 Å². The predicted molar refractivity (Wildman–Crippen MR) is 97.2 cm³/mol. The van der Waals surface area contributed by atoms with Gasteiger partial charge in [0, 0.05) is 32.3 Å². The molecule has 6 nitrogen and oxygen atoms in total. The number of aromatic amines is 1. The van der Waals surface area contributed by atoms with E-state index in [0.717, 1.165) is 38.6 Å². The van der Waals surface area contributed by atoms with E-state index in [1.807, 2.05) is 0 Å². The summed E-state index contributed by atoms with van der Waals surface area (Å²) < 4.78 is 23.2. The summed E-state index contributed by atoms with van der Waals surface area (Å²) in [5, 5.41) is -0.231. The van der Waals surface area contributed by atoms with Crippen LogP contribution in [0.4, 0.5) is 0 Å². The third kappa shape index (κ3) is 4.10. The van der Waals surface area contributed by atoms with Crippen LogP contribution in [0.3, 0.4) is 0 Å². The van der Waals surface area contributed by atoms with Gasteiger partial charge in [-0.25, -0.2) is 13.4 Å². The summed E-state index contributed by atoms with van der Waals surface area (Å²) in [6.45, 7) is 8.30. The number of hydrogen-bond acceptors (Lipinski definition) is 5. The Morgan fingerprint density at radius 1 is 1.44 bits per heavy atom. The summed E-state index contributed by atoms with van der Waals surface area (Å²) >= 11 is 0. The highest BCUT2D eigenvalue weighted by Gasteiger charge is 2.24. The molecule has 1 aromatic heterocycles. The molecule has 0 fully saturated rings. The smallest absolute Gasteiger partial charge is 0.256 e. The number of hydrogen-bond donors (Lipinski definition) is 1. The lowest BCUT2D eigenvalue weighted by Crippen LogP contribution is -2.37. The van der Waals surface area contributed by atoms with Crippen molar-refractivity contribution in [2.24, 2.45) is 5.92 Å². The summed E-state index contributed by atoms with van der Waals surface area (Å²) in [6.07, 6.45) is 7.24. The van der Waals surface area contributed by atoms with Gasteiger partial charge < -0.3 is 0 Å². The molecule has 1 aliphatic carbocycles. The second-order valence-electron chi connectivity index (χ2n) is 7.21. The molecule has 1 aliphatic heterocycles. The van der Waals surface area contributed by atoms with Crippen LogP contribution >= 0.6 is 0 Å². The Kier molecular flexibility index (Phi) is 4.97. The maximum atomic E-state index is 12.3. The average molecular weight is 363 g/mol. The third-order valence-electron chi connectivity index (χ3n) is 5.11. The van der Waals surface area contributed by atoms with Crippen LogP contribution in [0.15, 0.2) is 33.8 Å². The Hall–Kier alpha value is -1.73. The molecule has 0 amide bonds. The van der Waals surface area contributed by atoms with Gasteiger partial charge in [-0.05, 0) is 32.1 Å². The van der Waals surface area contributed by atoms with Crippen molar-refractivity contribution in [3.63, 3.8) is 0 Å². The molecule has 0 radical (unpaired) electrons. The number of allylic oxidation sites excluding steroid dienone is 2. The molecule has 0 aromatic carbocycles. The van der Waals surface area contributed by atoms with Crippen LogP contribution in [0.1, 0.15) is 37.4 Å². The Morgan fingerprint density at radius 3 is 2.80 bits per heavy atom. The molecule has 0 saturated heterocycles. The standard InChI is InChI=1S/C18H25N3O3S/c1-12(2)14-6-4-13(5-7-14)10-21-9-8-16-15(11-21)17(22)20-18(19-16)25(3,23)24/h4,14H,1,5-11H2,2-3H3,(H,19,20,22). The van der Waals surface area contributed by atoms with Gasteiger partial charge in [0.25, 0.3) is 5.56 Å². The molecule has 7 heteroatoms. The van der Waals surface area contributed by atoms with E-state index < -0.39 is 9.84 Å². The quantitative estimate of drug-likeness (QED) is 0.652. The fraction of sp³-hybridized carbons (Fsp3) is 0.556. The SMILES string of the molecule is C=C(C)C1CC=C(CN2CCc3nc(S(C)(=O)=O)[nH]c(=O)c3C2)CC1. The summed E-state index contributed by atoms with van der Waals surface area (Å²) in [5.74, 6) is 0.590. The summed E-state index contributed by atoms with van der Waals surface area (Å²) in [6, 6.07) is 0. The molecule has 0 bridgehead atoms. The minimum Gasteiger partial charge on any atom is -0.297 e. The Morgan fingerprint density at radius 2 is 2.20 bits per heavy atom. The van der Waals surface area contributed by atoms with Crippen LogP contribution in [-0.2, 0) is 22.8 Å². The topological polar surface area (TPSA) is 83.1 Å². The number of aromatic nitrogens is 2. The molecule has 1 unspecified atom stereocenters. The highest BCUT2D eigenvalue weighted by Crippen LogP contribution is 2.29. The first-order valence-corrected chi connectivity index (χ1v) is 10.5. The van der Waals surface area contributed by atoms with E-state index >= 15 is 0 Å². The normalized spacial score (nSPS) is 21.5. The maximum absolute atomic E-state index is 12.3. The fourth-order valence-electron chi connectivity index (χ4n) is 3.54. The number of nitrogens with one attached hydrogen (secondary N) is 1. The molecule has 0 saturated carbocycles. The van der Waals surface area contributed by atoms with Crippen LogP contribution in [-0.4, -0.2) is 42.6 Å². The van der Waals surface area contributed by atoms with E-state index in [4.69, 9.17) is 0 Å². The minimum absolute atomic E-state index is 0.231. The lowest BCUT2D eigenvalue weighted by molar-refractivity contribution is 0.265. The number of fused-ring (bicyclic) bond motifs is 1.